The average Bonchev–Trinajstić information content (AvgIpc) is 3.02. The molecule has 2 unspecified atom stereocenters. The lowest BCUT2D eigenvalue weighted by Crippen LogP contribution is -2.38. The van der Waals surface area contributed by atoms with Crippen molar-refractivity contribution in [1.29, 1.82) is 0 Å². The summed E-state index contributed by atoms with van der Waals surface area (Å²) < 4.78 is 0. The van der Waals surface area contributed by atoms with E-state index in [1.54, 1.807) is 35.2 Å². The van der Waals surface area contributed by atoms with Gasteiger partial charge in [0, 0.05) is 18.7 Å². The van der Waals surface area contributed by atoms with Crippen LogP contribution in [-0.2, 0) is 14.4 Å². The largest absolute Gasteiger partial charge is 0.479 e. The number of carboxylic acids is 1. The molecule has 2 aromatic carbocycles. The summed E-state index contributed by atoms with van der Waals surface area (Å²) in [7, 11) is 0. The van der Waals surface area contributed by atoms with Crippen LogP contribution < -0.4 is 10.2 Å². The maximum Gasteiger partial charge on any atom is 0.330 e. The molecule has 0 bridgehead atoms. The lowest BCUT2D eigenvalue weighted by molar-refractivity contribution is -0.142. The Labute approximate surface area is 151 Å². The highest BCUT2D eigenvalue weighted by atomic mass is 16.4. The topological polar surface area (TPSA) is 86.7 Å². The van der Waals surface area contributed by atoms with Crippen LogP contribution in [0.3, 0.4) is 0 Å². The molecule has 3 rings (SSSR count). The number of amides is 2. The highest BCUT2D eigenvalue weighted by Gasteiger charge is 2.36. The van der Waals surface area contributed by atoms with Crippen molar-refractivity contribution >= 4 is 23.5 Å². The molecule has 1 saturated heterocycles. The van der Waals surface area contributed by atoms with Gasteiger partial charge in [0.15, 0.2) is 6.04 Å². The van der Waals surface area contributed by atoms with Crippen LogP contribution in [0.2, 0.25) is 0 Å². The van der Waals surface area contributed by atoms with Crippen molar-refractivity contribution in [3.63, 3.8) is 0 Å². The molecule has 26 heavy (non-hydrogen) atoms. The molecule has 0 spiro atoms. The van der Waals surface area contributed by atoms with Crippen molar-refractivity contribution in [2.75, 3.05) is 11.4 Å². The van der Waals surface area contributed by atoms with Crippen LogP contribution in [0.5, 0.6) is 0 Å². The minimum Gasteiger partial charge on any atom is -0.479 e. The zero-order valence-electron chi connectivity index (χ0n) is 14.4. The molecular weight excluding hydrogens is 332 g/mol. The zero-order valence-corrected chi connectivity index (χ0v) is 14.4. The number of aliphatic carboxylic acids is 1. The van der Waals surface area contributed by atoms with Crippen molar-refractivity contribution in [1.82, 2.24) is 5.32 Å². The van der Waals surface area contributed by atoms with Crippen molar-refractivity contribution in [3.8, 4) is 0 Å². The number of benzene rings is 2. The Morgan fingerprint density at radius 3 is 2.38 bits per heavy atom. The maximum absolute atomic E-state index is 12.6. The minimum atomic E-state index is -1.13. The van der Waals surface area contributed by atoms with E-state index in [0.29, 0.717) is 5.56 Å². The molecule has 6 heteroatoms. The average molecular weight is 352 g/mol. The Bertz CT molecular complexity index is 817. The van der Waals surface area contributed by atoms with Gasteiger partial charge in [-0.3, -0.25) is 9.59 Å². The third kappa shape index (κ3) is 3.74. The Morgan fingerprint density at radius 2 is 1.77 bits per heavy atom. The van der Waals surface area contributed by atoms with Crippen LogP contribution in [-0.4, -0.2) is 29.4 Å². The predicted molar refractivity (Wildman–Crippen MR) is 96.6 cm³/mol. The molecule has 0 radical (unpaired) electrons. The fraction of sp³-hybridized carbons (Fsp3) is 0.250. The van der Waals surface area contributed by atoms with Gasteiger partial charge in [-0.1, -0.05) is 48.0 Å². The summed E-state index contributed by atoms with van der Waals surface area (Å²) in [6.45, 7) is 2.20. The molecule has 2 N–H and O–H groups in total. The lowest BCUT2D eigenvalue weighted by Gasteiger charge is -2.19. The molecule has 0 aromatic heterocycles. The fourth-order valence-corrected chi connectivity index (χ4v) is 3.05. The number of hydrogen-bond donors (Lipinski definition) is 2. The van der Waals surface area contributed by atoms with E-state index in [0.717, 1.165) is 11.3 Å². The second-order valence-electron chi connectivity index (χ2n) is 6.43. The summed E-state index contributed by atoms with van der Waals surface area (Å²) in [5, 5.41) is 12.0. The Kier molecular flexibility index (Phi) is 5.02. The molecule has 0 aliphatic carbocycles. The fourth-order valence-electron chi connectivity index (χ4n) is 3.05. The van der Waals surface area contributed by atoms with Crippen LogP contribution >= 0.6 is 0 Å². The second kappa shape index (κ2) is 7.39. The van der Waals surface area contributed by atoms with Gasteiger partial charge in [-0.25, -0.2) is 4.79 Å². The molecule has 1 heterocycles. The third-order valence-corrected chi connectivity index (χ3v) is 4.51. The quantitative estimate of drug-likeness (QED) is 0.864. The van der Waals surface area contributed by atoms with E-state index in [-0.39, 0.29) is 18.9 Å². The zero-order chi connectivity index (χ0) is 18.7. The summed E-state index contributed by atoms with van der Waals surface area (Å²) in [5.74, 6) is -2.27. The van der Waals surface area contributed by atoms with Gasteiger partial charge in [0.05, 0.1) is 5.92 Å². The standard InChI is InChI=1S/C20H20N2O4/c1-13-7-9-16(10-8-13)22-12-15(11-17(22)23)19(24)21-18(20(25)26)14-5-3-2-4-6-14/h2-10,15,18H,11-12H2,1H3,(H,21,24)(H,25,26). The Hall–Kier alpha value is -3.15. The Morgan fingerprint density at radius 1 is 1.12 bits per heavy atom. The number of aryl methyl sites for hydroxylation is 1. The van der Waals surface area contributed by atoms with Gasteiger partial charge < -0.3 is 15.3 Å². The summed E-state index contributed by atoms with van der Waals surface area (Å²) in [6.07, 6.45) is 0.0703. The number of hydrogen-bond acceptors (Lipinski definition) is 3. The summed E-state index contributed by atoms with van der Waals surface area (Å²) in [5.41, 5.74) is 2.32. The summed E-state index contributed by atoms with van der Waals surface area (Å²) in [4.78, 5) is 38.0. The maximum atomic E-state index is 12.6. The predicted octanol–water partition coefficient (Wildman–Crippen LogP) is 2.29. The van der Waals surface area contributed by atoms with E-state index >= 15 is 0 Å². The summed E-state index contributed by atoms with van der Waals surface area (Å²) >= 11 is 0. The van der Waals surface area contributed by atoms with Gasteiger partial charge in [-0.05, 0) is 24.6 Å². The van der Waals surface area contributed by atoms with E-state index in [2.05, 4.69) is 5.32 Å². The molecule has 2 atom stereocenters. The van der Waals surface area contributed by atoms with Crippen molar-refractivity contribution in [3.05, 3.63) is 65.7 Å². The van der Waals surface area contributed by atoms with Crippen LogP contribution in [0.4, 0.5) is 5.69 Å². The van der Waals surface area contributed by atoms with Gasteiger partial charge >= 0.3 is 5.97 Å². The van der Waals surface area contributed by atoms with E-state index in [4.69, 9.17) is 0 Å². The first-order chi connectivity index (χ1) is 12.5. The van der Waals surface area contributed by atoms with Crippen LogP contribution in [0.15, 0.2) is 54.6 Å². The first-order valence-electron chi connectivity index (χ1n) is 8.41. The first kappa shape index (κ1) is 17.7. The smallest absolute Gasteiger partial charge is 0.330 e. The van der Waals surface area contributed by atoms with Crippen molar-refractivity contribution < 1.29 is 19.5 Å². The SMILES string of the molecule is Cc1ccc(N2CC(C(=O)NC(C(=O)O)c3ccccc3)CC2=O)cc1. The van der Waals surface area contributed by atoms with E-state index in [9.17, 15) is 19.5 Å². The number of carbonyl (C=O) groups excluding carboxylic acids is 2. The van der Waals surface area contributed by atoms with E-state index in [1.807, 2.05) is 31.2 Å². The molecule has 2 aromatic rings. The summed E-state index contributed by atoms with van der Waals surface area (Å²) in [6, 6.07) is 14.9. The number of carboxylic acid groups (broad SMARTS) is 1. The normalized spacial score (nSPS) is 17.8. The van der Waals surface area contributed by atoms with Crippen molar-refractivity contribution in [2.45, 2.75) is 19.4 Å². The highest BCUT2D eigenvalue weighted by molar-refractivity contribution is 6.00. The highest BCUT2D eigenvalue weighted by Crippen LogP contribution is 2.26. The minimum absolute atomic E-state index is 0.0703. The lowest BCUT2D eigenvalue weighted by atomic mass is 10.0. The number of nitrogens with zero attached hydrogens (tertiary/aromatic N) is 1. The molecule has 1 aliphatic heterocycles. The molecule has 134 valence electrons. The molecule has 2 amide bonds. The molecule has 6 nitrogen and oxygen atoms in total. The molecule has 1 fully saturated rings. The number of anilines is 1. The number of carbonyl (C=O) groups is 3. The van der Waals surface area contributed by atoms with Gasteiger partial charge in [-0.2, -0.15) is 0 Å². The van der Waals surface area contributed by atoms with E-state index < -0.39 is 23.8 Å². The third-order valence-electron chi connectivity index (χ3n) is 4.51. The number of rotatable bonds is 5. The second-order valence-corrected chi connectivity index (χ2v) is 6.43. The molecule has 1 aliphatic rings. The van der Waals surface area contributed by atoms with Gasteiger partial charge in [0.1, 0.15) is 0 Å². The molecular formula is C20H20N2O4. The number of nitrogens with one attached hydrogen (secondary N) is 1. The van der Waals surface area contributed by atoms with Gasteiger partial charge in [0.25, 0.3) is 0 Å². The van der Waals surface area contributed by atoms with E-state index in [1.165, 1.54) is 0 Å². The van der Waals surface area contributed by atoms with Crippen LogP contribution in [0.1, 0.15) is 23.6 Å². The Balaban J connectivity index is 1.71. The van der Waals surface area contributed by atoms with Gasteiger partial charge in [-0.15, -0.1) is 0 Å². The van der Waals surface area contributed by atoms with Crippen LogP contribution in [0, 0.1) is 12.8 Å². The van der Waals surface area contributed by atoms with Gasteiger partial charge in [0.2, 0.25) is 11.8 Å². The van der Waals surface area contributed by atoms with Crippen LogP contribution in [0.25, 0.3) is 0 Å². The van der Waals surface area contributed by atoms with Crippen molar-refractivity contribution in [2.24, 2.45) is 5.92 Å². The monoisotopic (exact) mass is 352 g/mol. The molecule has 0 saturated carbocycles. The first-order valence-corrected chi connectivity index (χ1v) is 8.41.